The Hall–Kier alpha value is -3.07. The number of nitrogens with one attached hydrogen (secondary N) is 1. The molecule has 1 aliphatic rings. The molecule has 30 heavy (non-hydrogen) atoms. The topological polar surface area (TPSA) is 38.3 Å². The fourth-order valence-corrected chi connectivity index (χ4v) is 4.26. The molecule has 1 aliphatic carbocycles. The SMILES string of the molecule is Cc1ccccc1[C@H](NC(=O)[C@@H](C)Oc1cccc2c1CCCC2)c1ccccc1. The van der Waals surface area contributed by atoms with E-state index >= 15 is 0 Å². The molecule has 0 saturated carbocycles. The van der Waals surface area contributed by atoms with Gasteiger partial charge in [0.2, 0.25) is 0 Å². The van der Waals surface area contributed by atoms with E-state index in [1.165, 1.54) is 24.0 Å². The predicted octanol–water partition coefficient (Wildman–Crippen LogP) is 5.55. The van der Waals surface area contributed by atoms with Crippen LogP contribution in [-0.4, -0.2) is 12.0 Å². The summed E-state index contributed by atoms with van der Waals surface area (Å²) in [7, 11) is 0. The predicted molar refractivity (Wildman–Crippen MR) is 121 cm³/mol. The third-order valence-electron chi connectivity index (χ3n) is 5.94. The van der Waals surface area contributed by atoms with E-state index < -0.39 is 6.10 Å². The van der Waals surface area contributed by atoms with E-state index in [9.17, 15) is 4.79 Å². The summed E-state index contributed by atoms with van der Waals surface area (Å²) in [6.07, 6.45) is 3.94. The molecule has 3 nitrogen and oxygen atoms in total. The Morgan fingerprint density at radius 2 is 1.63 bits per heavy atom. The van der Waals surface area contributed by atoms with Crippen LogP contribution in [0.25, 0.3) is 0 Å². The molecule has 0 unspecified atom stereocenters. The van der Waals surface area contributed by atoms with Crippen LogP contribution in [0, 0.1) is 6.92 Å². The van der Waals surface area contributed by atoms with Gasteiger partial charge >= 0.3 is 0 Å². The van der Waals surface area contributed by atoms with E-state index in [1.54, 1.807) is 0 Å². The maximum atomic E-state index is 13.1. The summed E-state index contributed by atoms with van der Waals surface area (Å²) >= 11 is 0. The number of hydrogen-bond acceptors (Lipinski definition) is 2. The maximum absolute atomic E-state index is 13.1. The summed E-state index contributed by atoms with van der Waals surface area (Å²) < 4.78 is 6.17. The highest BCUT2D eigenvalue weighted by Gasteiger charge is 2.24. The van der Waals surface area contributed by atoms with E-state index in [1.807, 2.05) is 49.4 Å². The van der Waals surface area contributed by atoms with Gasteiger partial charge in [0.05, 0.1) is 6.04 Å². The van der Waals surface area contributed by atoms with Crippen LogP contribution in [0.5, 0.6) is 5.75 Å². The van der Waals surface area contributed by atoms with Crippen molar-refractivity contribution in [3.05, 3.63) is 101 Å². The minimum absolute atomic E-state index is 0.111. The lowest BCUT2D eigenvalue weighted by atomic mass is 9.91. The molecule has 3 aromatic rings. The molecule has 1 N–H and O–H groups in total. The molecule has 0 heterocycles. The molecule has 154 valence electrons. The Balaban J connectivity index is 1.55. The van der Waals surface area contributed by atoms with Gasteiger partial charge in [-0.3, -0.25) is 4.79 Å². The van der Waals surface area contributed by atoms with Crippen molar-refractivity contribution in [3.8, 4) is 5.75 Å². The first-order chi connectivity index (χ1) is 14.6. The molecule has 0 radical (unpaired) electrons. The van der Waals surface area contributed by atoms with Gasteiger partial charge in [-0.1, -0.05) is 66.7 Å². The Morgan fingerprint density at radius 1 is 0.900 bits per heavy atom. The molecular formula is C27H29NO2. The smallest absolute Gasteiger partial charge is 0.261 e. The van der Waals surface area contributed by atoms with E-state index in [-0.39, 0.29) is 11.9 Å². The molecule has 0 spiro atoms. The van der Waals surface area contributed by atoms with Crippen LogP contribution in [0.3, 0.4) is 0 Å². The average molecular weight is 400 g/mol. The lowest BCUT2D eigenvalue weighted by Crippen LogP contribution is -2.39. The highest BCUT2D eigenvalue weighted by molar-refractivity contribution is 5.81. The Bertz CT molecular complexity index is 1010. The molecule has 0 bridgehead atoms. The molecular weight excluding hydrogens is 370 g/mol. The minimum atomic E-state index is -0.575. The van der Waals surface area contributed by atoms with Crippen molar-refractivity contribution in [1.29, 1.82) is 0 Å². The van der Waals surface area contributed by atoms with Gasteiger partial charge in [-0.15, -0.1) is 0 Å². The number of carbonyl (C=O) groups is 1. The van der Waals surface area contributed by atoms with Crippen molar-refractivity contribution in [2.24, 2.45) is 0 Å². The standard InChI is InChI=1S/C27H29NO2/c1-19-11-6-8-16-23(19)26(22-13-4-3-5-14-22)28-27(29)20(2)30-25-18-10-15-21-12-7-9-17-24(21)25/h3-6,8,10-11,13-16,18,20,26H,7,9,12,17H2,1-2H3,(H,28,29)/t20-,26-/m1/s1. The molecule has 0 aromatic heterocycles. The number of fused-ring (bicyclic) bond motifs is 1. The van der Waals surface area contributed by atoms with Crippen molar-refractivity contribution in [2.45, 2.75) is 51.7 Å². The highest BCUT2D eigenvalue weighted by Crippen LogP contribution is 2.30. The zero-order valence-corrected chi connectivity index (χ0v) is 17.7. The minimum Gasteiger partial charge on any atom is -0.481 e. The van der Waals surface area contributed by atoms with Crippen molar-refractivity contribution >= 4 is 5.91 Å². The zero-order valence-electron chi connectivity index (χ0n) is 17.7. The summed E-state index contributed by atoms with van der Waals surface area (Å²) in [4.78, 5) is 13.1. The third-order valence-corrected chi connectivity index (χ3v) is 5.94. The highest BCUT2D eigenvalue weighted by atomic mass is 16.5. The number of rotatable bonds is 6. The van der Waals surface area contributed by atoms with Crippen LogP contribution >= 0.6 is 0 Å². The first-order valence-electron chi connectivity index (χ1n) is 10.8. The van der Waals surface area contributed by atoms with Gasteiger partial charge in [0.15, 0.2) is 6.10 Å². The van der Waals surface area contributed by atoms with Crippen molar-refractivity contribution < 1.29 is 9.53 Å². The fourth-order valence-electron chi connectivity index (χ4n) is 4.26. The van der Waals surface area contributed by atoms with Crippen molar-refractivity contribution in [1.82, 2.24) is 5.32 Å². The summed E-state index contributed by atoms with van der Waals surface area (Å²) in [5.74, 6) is 0.738. The van der Waals surface area contributed by atoms with Crippen LogP contribution in [0.1, 0.15) is 53.6 Å². The van der Waals surface area contributed by atoms with Gasteiger partial charge in [-0.05, 0) is 73.4 Å². The molecule has 4 rings (SSSR count). The molecule has 0 fully saturated rings. The molecule has 3 heteroatoms. The number of carbonyl (C=O) groups excluding carboxylic acids is 1. The third kappa shape index (κ3) is 4.40. The van der Waals surface area contributed by atoms with E-state index in [0.29, 0.717) is 0 Å². The first kappa shape index (κ1) is 20.2. The van der Waals surface area contributed by atoms with Gasteiger partial charge in [0.25, 0.3) is 5.91 Å². The first-order valence-corrected chi connectivity index (χ1v) is 10.8. The number of amides is 1. The summed E-state index contributed by atoms with van der Waals surface area (Å²) in [5, 5.41) is 3.23. The second kappa shape index (κ2) is 9.17. The van der Waals surface area contributed by atoms with E-state index in [0.717, 1.165) is 35.3 Å². The molecule has 2 atom stereocenters. The van der Waals surface area contributed by atoms with Crippen molar-refractivity contribution in [2.75, 3.05) is 0 Å². The van der Waals surface area contributed by atoms with Crippen LogP contribution in [-0.2, 0) is 17.6 Å². The molecule has 3 aromatic carbocycles. The number of benzene rings is 3. The van der Waals surface area contributed by atoms with Gasteiger partial charge in [-0.25, -0.2) is 0 Å². The second-order valence-corrected chi connectivity index (χ2v) is 8.07. The summed E-state index contributed by atoms with van der Waals surface area (Å²) in [6.45, 7) is 3.91. The number of hydrogen-bond donors (Lipinski definition) is 1. The Labute approximate surface area is 179 Å². The quantitative estimate of drug-likeness (QED) is 0.590. The average Bonchev–Trinajstić information content (AvgIpc) is 2.79. The lowest BCUT2D eigenvalue weighted by molar-refractivity contribution is -0.127. The largest absolute Gasteiger partial charge is 0.481 e. The lowest BCUT2D eigenvalue weighted by Gasteiger charge is -2.25. The Morgan fingerprint density at radius 3 is 2.43 bits per heavy atom. The summed E-state index contributed by atoms with van der Waals surface area (Å²) in [6, 6.07) is 24.3. The van der Waals surface area contributed by atoms with Crippen LogP contribution in [0.4, 0.5) is 0 Å². The molecule has 0 aliphatic heterocycles. The number of ether oxygens (including phenoxy) is 1. The second-order valence-electron chi connectivity index (χ2n) is 8.07. The van der Waals surface area contributed by atoms with Gasteiger partial charge in [0.1, 0.15) is 5.75 Å². The fraction of sp³-hybridized carbons (Fsp3) is 0.296. The van der Waals surface area contributed by atoms with E-state index in [4.69, 9.17) is 4.74 Å². The van der Waals surface area contributed by atoms with E-state index in [2.05, 4.69) is 42.6 Å². The maximum Gasteiger partial charge on any atom is 0.261 e. The number of aryl methyl sites for hydroxylation is 2. The Kier molecular flexibility index (Phi) is 6.18. The molecule has 1 amide bonds. The molecule has 0 saturated heterocycles. The van der Waals surface area contributed by atoms with Crippen LogP contribution in [0.2, 0.25) is 0 Å². The van der Waals surface area contributed by atoms with Gasteiger partial charge in [0, 0.05) is 0 Å². The van der Waals surface area contributed by atoms with Crippen LogP contribution < -0.4 is 10.1 Å². The summed E-state index contributed by atoms with van der Waals surface area (Å²) in [5.41, 5.74) is 5.93. The normalized spacial score (nSPS) is 15.0. The van der Waals surface area contributed by atoms with Gasteiger partial charge in [-0.2, -0.15) is 0 Å². The van der Waals surface area contributed by atoms with Crippen molar-refractivity contribution in [3.63, 3.8) is 0 Å². The zero-order chi connectivity index (χ0) is 20.9. The van der Waals surface area contributed by atoms with Gasteiger partial charge < -0.3 is 10.1 Å². The monoisotopic (exact) mass is 399 g/mol. The van der Waals surface area contributed by atoms with Crippen LogP contribution in [0.15, 0.2) is 72.8 Å².